The summed E-state index contributed by atoms with van der Waals surface area (Å²) < 4.78 is 13.0. The van der Waals surface area contributed by atoms with Crippen LogP contribution in [0, 0.1) is 0 Å². The van der Waals surface area contributed by atoms with Crippen LogP contribution in [0.5, 0.6) is 0 Å². The summed E-state index contributed by atoms with van der Waals surface area (Å²) in [5.74, 6) is 0. The number of aliphatic hydroxyl groups is 1. The van der Waals surface area contributed by atoms with Crippen molar-refractivity contribution in [3.8, 4) is 0 Å². The number of ether oxygens (including phenoxy) is 2. The summed E-state index contributed by atoms with van der Waals surface area (Å²) in [6.45, 7) is 1.16. The minimum absolute atomic E-state index is 0.102. The molecule has 0 saturated carbocycles. The van der Waals surface area contributed by atoms with E-state index in [1.807, 2.05) is 0 Å². The number of hydrogen-bond donors (Lipinski definition) is 1. The summed E-state index contributed by atoms with van der Waals surface area (Å²) in [6.07, 6.45) is 4.67. The second kappa shape index (κ2) is 5.90. The Morgan fingerprint density at radius 3 is 3.00 bits per heavy atom. The maximum absolute atomic E-state index is 10.9. The Kier molecular flexibility index (Phi) is 3.88. The molecule has 7 heteroatoms. The van der Waals surface area contributed by atoms with Gasteiger partial charge in [0.2, 0.25) is 0 Å². The number of aromatic nitrogens is 3. The van der Waals surface area contributed by atoms with Crippen molar-refractivity contribution in [1.82, 2.24) is 15.0 Å². The molecule has 2 aliphatic rings. The number of nitrogens with zero attached hydrogens (tertiary/aromatic N) is 3. The van der Waals surface area contributed by atoms with E-state index in [9.17, 15) is 5.11 Å². The molecule has 1 N–H and O–H groups in total. The van der Waals surface area contributed by atoms with Crippen LogP contribution in [0.25, 0.3) is 0 Å². The standard InChI is InChI=1S/C16H19N3O3S/c1-23-13-4-2-11(3-5-13)8-19-9-14(17-18-19)16(20)7-6-12-10-21-15(16)22-12/h2-5,9,12,15,20H,6-8,10H2,1H3/t12-,15+,16?/m0/s1. The highest BCUT2D eigenvalue weighted by atomic mass is 32.2. The smallest absolute Gasteiger partial charge is 0.192 e. The zero-order valence-corrected chi connectivity index (χ0v) is 13.7. The zero-order chi connectivity index (χ0) is 15.9. The van der Waals surface area contributed by atoms with Crippen LogP contribution >= 0.6 is 11.8 Å². The van der Waals surface area contributed by atoms with Gasteiger partial charge in [0.25, 0.3) is 0 Å². The van der Waals surface area contributed by atoms with Crippen LogP contribution in [0.3, 0.4) is 0 Å². The zero-order valence-electron chi connectivity index (χ0n) is 12.9. The molecule has 3 heterocycles. The second-order valence-corrected chi connectivity index (χ2v) is 6.92. The molecular formula is C16H19N3O3S. The molecule has 0 amide bonds. The number of hydrogen-bond acceptors (Lipinski definition) is 6. The number of fused-ring (bicyclic) bond motifs is 2. The minimum Gasteiger partial charge on any atom is -0.378 e. The number of thioether (sulfide) groups is 1. The predicted octanol–water partition coefficient (Wildman–Crippen LogP) is 1.77. The molecule has 2 fully saturated rings. The Balaban J connectivity index is 1.52. The molecule has 23 heavy (non-hydrogen) atoms. The van der Waals surface area contributed by atoms with Gasteiger partial charge in [-0.05, 0) is 36.8 Å². The van der Waals surface area contributed by atoms with E-state index in [0.29, 0.717) is 25.3 Å². The van der Waals surface area contributed by atoms with E-state index in [1.165, 1.54) is 4.90 Å². The third-order valence-electron chi connectivity index (χ3n) is 4.47. The molecule has 2 aliphatic heterocycles. The van der Waals surface area contributed by atoms with Crippen LogP contribution in [0.4, 0.5) is 0 Å². The van der Waals surface area contributed by atoms with Crippen molar-refractivity contribution in [3.05, 3.63) is 41.7 Å². The van der Waals surface area contributed by atoms with Gasteiger partial charge in [0.15, 0.2) is 11.9 Å². The van der Waals surface area contributed by atoms with E-state index < -0.39 is 11.9 Å². The Morgan fingerprint density at radius 1 is 1.39 bits per heavy atom. The van der Waals surface area contributed by atoms with Crippen molar-refractivity contribution in [3.63, 3.8) is 0 Å². The number of rotatable bonds is 4. The van der Waals surface area contributed by atoms with Gasteiger partial charge in [0, 0.05) is 4.90 Å². The van der Waals surface area contributed by atoms with Gasteiger partial charge in [-0.1, -0.05) is 17.3 Å². The fraction of sp³-hybridized carbons (Fsp3) is 0.500. The SMILES string of the molecule is CSc1ccc(Cn2cc(C3(O)CC[C@H]4CO[C@@H]3O4)nn2)cc1. The molecule has 4 rings (SSSR count). The van der Waals surface area contributed by atoms with E-state index >= 15 is 0 Å². The van der Waals surface area contributed by atoms with Crippen molar-refractivity contribution >= 4 is 11.8 Å². The van der Waals surface area contributed by atoms with Crippen LogP contribution < -0.4 is 0 Å². The summed E-state index contributed by atoms with van der Waals surface area (Å²) in [4.78, 5) is 1.23. The first-order valence-corrected chi connectivity index (χ1v) is 8.93. The van der Waals surface area contributed by atoms with E-state index in [0.717, 1.165) is 12.0 Å². The molecule has 0 radical (unpaired) electrons. The predicted molar refractivity (Wildman–Crippen MR) is 85.1 cm³/mol. The van der Waals surface area contributed by atoms with Gasteiger partial charge in [-0.25, -0.2) is 4.68 Å². The van der Waals surface area contributed by atoms with E-state index in [-0.39, 0.29) is 6.10 Å². The lowest BCUT2D eigenvalue weighted by Crippen LogP contribution is -2.44. The normalized spacial score (nSPS) is 29.8. The van der Waals surface area contributed by atoms with Gasteiger partial charge in [-0.3, -0.25) is 0 Å². The largest absolute Gasteiger partial charge is 0.378 e. The lowest BCUT2D eigenvalue weighted by molar-refractivity contribution is -0.219. The lowest BCUT2D eigenvalue weighted by Gasteiger charge is -2.34. The Labute approximate surface area is 138 Å². The van der Waals surface area contributed by atoms with Crippen molar-refractivity contribution in [2.75, 3.05) is 12.9 Å². The van der Waals surface area contributed by atoms with E-state index in [2.05, 4.69) is 40.8 Å². The first-order valence-electron chi connectivity index (χ1n) is 7.70. The first kappa shape index (κ1) is 15.1. The van der Waals surface area contributed by atoms with Crippen molar-refractivity contribution in [1.29, 1.82) is 0 Å². The van der Waals surface area contributed by atoms with Crippen molar-refractivity contribution in [2.45, 2.75) is 42.3 Å². The summed E-state index contributed by atoms with van der Waals surface area (Å²) in [6, 6.07) is 8.34. The second-order valence-electron chi connectivity index (χ2n) is 6.04. The Morgan fingerprint density at radius 2 is 2.22 bits per heavy atom. The minimum atomic E-state index is -1.20. The van der Waals surface area contributed by atoms with Crippen molar-refractivity contribution in [2.24, 2.45) is 0 Å². The van der Waals surface area contributed by atoms with Gasteiger partial charge in [0.1, 0.15) is 5.69 Å². The quantitative estimate of drug-likeness (QED) is 0.860. The van der Waals surface area contributed by atoms with Crippen LogP contribution in [0.2, 0.25) is 0 Å². The van der Waals surface area contributed by atoms with Crippen LogP contribution in [0.1, 0.15) is 24.1 Å². The van der Waals surface area contributed by atoms with Crippen LogP contribution in [-0.4, -0.2) is 45.4 Å². The van der Waals surface area contributed by atoms with Gasteiger partial charge >= 0.3 is 0 Å². The maximum Gasteiger partial charge on any atom is 0.192 e. The summed E-state index contributed by atoms with van der Waals surface area (Å²) in [5.41, 5.74) is 0.459. The molecule has 0 aliphatic carbocycles. The molecule has 122 valence electrons. The molecule has 1 unspecified atom stereocenters. The third-order valence-corrected chi connectivity index (χ3v) is 5.22. The van der Waals surface area contributed by atoms with Gasteiger partial charge in [-0.15, -0.1) is 16.9 Å². The molecule has 1 aromatic carbocycles. The molecular weight excluding hydrogens is 314 g/mol. The molecule has 2 saturated heterocycles. The highest BCUT2D eigenvalue weighted by Crippen LogP contribution is 2.40. The molecule has 3 atom stereocenters. The van der Waals surface area contributed by atoms with Crippen LogP contribution in [0.15, 0.2) is 35.4 Å². The summed E-state index contributed by atoms with van der Waals surface area (Å²) >= 11 is 1.72. The van der Waals surface area contributed by atoms with Gasteiger partial charge in [0.05, 0.1) is 25.5 Å². The Bertz CT molecular complexity index is 690. The average Bonchev–Trinajstić information content (AvgIpc) is 3.21. The maximum atomic E-state index is 10.9. The molecule has 2 aromatic rings. The summed E-state index contributed by atoms with van der Waals surface area (Å²) in [5, 5.41) is 19.2. The average molecular weight is 333 g/mol. The van der Waals surface area contributed by atoms with Crippen molar-refractivity contribution < 1.29 is 14.6 Å². The highest BCUT2D eigenvalue weighted by Gasteiger charge is 2.51. The third kappa shape index (κ3) is 2.78. The first-order chi connectivity index (χ1) is 11.2. The number of benzene rings is 1. The molecule has 1 aromatic heterocycles. The van der Waals surface area contributed by atoms with Gasteiger partial charge < -0.3 is 14.6 Å². The van der Waals surface area contributed by atoms with Gasteiger partial charge in [-0.2, -0.15) is 0 Å². The van der Waals surface area contributed by atoms with Crippen LogP contribution in [-0.2, 0) is 21.6 Å². The fourth-order valence-corrected chi connectivity index (χ4v) is 3.50. The lowest BCUT2D eigenvalue weighted by atomic mass is 9.90. The highest BCUT2D eigenvalue weighted by molar-refractivity contribution is 7.98. The monoisotopic (exact) mass is 333 g/mol. The molecule has 0 spiro atoms. The van der Waals surface area contributed by atoms with E-state index in [4.69, 9.17) is 9.47 Å². The molecule has 2 bridgehead atoms. The Hall–Kier alpha value is -1.41. The summed E-state index contributed by atoms with van der Waals surface area (Å²) in [7, 11) is 0. The fourth-order valence-electron chi connectivity index (χ4n) is 3.09. The van der Waals surface area contributed by atoms with E-state index in [1.54, 1.807) is 22.6 Å². The topological polar surface area (TPSA) is 69.4 Å². The molecule has 6 nitrogen and oxygen atoms in total.